The summed E-state index contributed by atoms with van der Waals surface area (Å²) in [5.74, 6) is -0.472. The maximum Gasteiger partial charge on any atom is 0.306 e. The molecule has 0 aliphatic rings. The van der Waals surface area contributed by atoms with Crippen LogP contribution < -0.4 is 0 Å². The number of nitrogens with one attached hydrogen (secondary N) is 1. The summed E-state index contributed by atoms with van der Waals surface area (Å²) >= 11 is 0. The van der Waals surface area contributed by atoms with Crippen LogP contribution in [0.1, 0.15) is 18.9 Å². The number of aromatic amines is 1. The van der Waals surface area contributed by atoms with E-state index in [1.807, 2.05) is 6.20 Å². The van der Waals surface area contributed by atoms with Crippen molar-refractivity contribution in [3.63, 3.8) is 0 Å². The van der Waals surface area contributed by atoms with Crippen LogP contribution >= 0.6 is 0 Å². The van der Waals surface area contributed by atoms with E-state index in [2.05, 4.69) is 4.98 Å². The van der Waals surface area contributed by atoms with Gasteiger partial charge in [0.2, 0.25) is 0 Å². The number of carbonyl (C=O) groups excluding carboxylic acids is 1. The molecule has 4 heteroatoms. The van der Waals surface area contributed by atoms with Crippen LogP contribution in [-0.4, -0.2) is 17.6 Å². The molecule has 0 amide bonds. The second kappa shape index (κ2) is 4.99. The van der Waals surface area contributed by atoms with Crippen LogP contribution in [0, 0.1) is 5.82 Å². The van der Waals surface area contributed by atoms with E-state index in [4.69, 9.17) is 4.74 Å². The van der Waals surface area contributed by atoms with Crippen LogP contribution in [0.4, 0.5) is 4.39 Å². The van der Waals surface area contributed by atoms with E-state index in [9.17, 15) is 9.18 Å². The minimum Gasteiger partial charge on any atom is -0.466 e. The lowest BCUT2D eigenvalue weighted by Crippen LogP contribution is -2.04. The van der Waals surface area contributed by atoms with Crippen LogP contribution in [0.5, 0.6) is 0 Å². The third-order valence-corrected chi connectivity index (χ3v) is 2.63. The van der Waals surface area contributed by atoms with Gasteiger partial charge in [0.05, 0.1) is 6.61 Å². The molecule has 1 N–H and O–H groups in total. The number of rotatable bonds is 4. The molecule has 2 aromatic rings. The van der Waals surface area contributed by atoms with Crippen LogP contribution in [0.25, 0.3) is 10.9 Å². The molecule has 0 saturated heterocycles. The van der Waals surface area contributed by atoms with E-state index in [1.54, 1.807) is 13.0 Å². The summed E-state index contributed by atoms with van der Waals surface area (Å²) in [6.45, 7) is 2.18. The van der Waals surface area contributed by atoms with E-state index >= 15 is 0 Å². The predicted octanol–water partition coefficient (Wildman–Crippen LogP) is 2.80. The first-order valence-electron chi connectivity index (χ1n) is 5.62. The number of fused-ring (bicyclic) bond motifs is 1. The molecule has 1 heterocycles. The van der Waals surface area contributed by atoms with Gasteiger partial charge in [-0.15, -0.1) is 0 Å². The predicted molar refractivity (Wildman–Crippen MR) is 63.2 cm³/mol. The molecule has 17 heavy (non-hydrogen) atoms. The smallest absolute Gasteiger partial charge is 0.306 e. The Morgan fingerprint density at radius 1 is 1.47 bits per heavy atom. The molecule has 0 bridgehead atoms. The molecule has 3 nitrogen and oxygen atoms in total. The second-order valence-electron chi connectivity index (χ2n) is 3.81. The van der Waals surface area contributed by atoms with Crippen molar-refractivity contribution in [3.8, 4) is 0 Å². The van der Waals surface area contributed by atoms with Gasteiger partial charge in [-0.2, -0.15) is 0 Å². The zero-order chi connectivity index (χ0) is 12.3. The Balaban J connectivity index is 2.11. The summed E-state index contributed by atoms with van der Waals surface area (Å²) in [5, 5.41) is 0.954. The minimum absolute atomic E-state index is 0.205. The van der Waals surface area contributed by atoms with Gasteiger partial charge in [0.1, 0.15) is 5.82 Å². The number of halogens is 1. The third-order valence-electron chi connectivity index (χ3n) is 2.63. The maximum atomic E-state index is 13.0. The number of carbonyl (C=O) groups is 1. The molecule has 1 aromatic carbocycles. The van der Waals surface area contributed by atoms with Crippen molar-refractivity contribution in [2.24, 2.45) is 0 Å². The Kier molecular flexibility index (Phi) is 3.42. The van der Waals surface area contributed by atoms with Gasteiger partial charge in [-0.1, -0.05) is 0 Å². The van der Waals surface area contributed by atoms with Gasteiger partial charge in [-0.25, -0.2) is 4.39 Å². The standard InChI is InChI=1S/C13H14FNO2/c1-2-17-13(16)6-3-9-8-15-12-7-10(14)4-5-11(9)12/h4-5,7-8,15H,2-3,6H2,1H3. The van der Waals surface area contributed by atoms with Crippen LogP contribution in [-0.2, 0) is 16.0 Å². The molecule has 2 rings (SSSR count). The number of hydrogen-bond donors (Lipinski definition) is 1. The normalized spacial score (nSPS) is 10.7. The highest BCUT2D eigenvalue weighted by Gasteiger charge is 2.07. The molecule has 0 aliphatic heterocycles. The summed E-state index contributed by atoms with van der Waals surface area (Å²) in [7, 11) is 0. The molecule has 0 aliphatic carbocycles. The minimum atomic E-state index is -0.267. The number of esters is 1. The molecule has 0 fully saturated rings. The fourth-order valence-electron chi connectivity index (χ4n) is 1.84. The molecule has 0 saturated carbocycles. The molecule has 0 radical (unpaired) electrons. The van der Waals surface area contributed by atoms with Crippen LogP contribution in [0.3, 0.4) is 0 Å². The number of hydrogen-bond acceptors (Lipinski definition) is 2. The molecular weight excluding hydrogens is 221 g/mol. The highest BCUT2D eigenvalue weighted by atomic mass is 19.1. The average Bonchev–Trinajstić information content (AvgIpc) is 2.69. The molecule has 0 spiro atoms. The number of benzene rings is 1. The van der Waals surface area contributed by atoms with E-state index in [0.717, 1.165) is 16.5 Å². The van der Waals surface area contributed by atoms with Crippen molar-refractivity contribution in [1.82, 2.24) is 4.98 Å². The van der Waals surface area contributed by atoms with Crippen molar-refractivity contribution in [1.29, 1.82) is 0 Å². The Labute approximate surface area is 98.6 Å². The molecular formula is C13H14FNO2. The van der Waals surface area contributed by atoms with Gasteiger partial charge in [0.25, 0.3) is 0 Å². The Morgan fingerprint density at radius 3 is 3.06 bits per heavy atom. The summed E-state index contributed by atoms with van der Waals surface area (Å²) in [6.07, 6.45) is 2.76. The molecule has 90 valence electrons. The number of ether oxygens (including phenoxy) is 1. The molecule has 1 aromatic heterocycles. The summed E-state index contributed by atoms with van der Waals surface area (Å²) in [5.41, 5.74) is 1.76. The lowest BCUT2D eigenvalue weighted by molar-refractivity contribution is -0.143. The largest absolute Gasteiger partial charge is 0.466 e. The van der Waals surface area contributed by atoms with Gasteiger partial charge < -0.3 is 9.72 Å². The van der Waals surface area contributed by atoms with Gasteiger partial charge in [-0.3, -0.25) is 4.79 Å². The van der Waals surface area contributed by atoms with E-state index in [0.29, 0.717) is 19.4 Å². The van der Waals surface area contributed by atoms with Crippen molar-refractivity contribution in [3.05, 3.63) is 35.8 Å². The van der Waals surface area contributed by atoms with Crippen LogP contribution in [0.15, 0.2) is 24.4 Å². The second-order valence-corrected chi connectivity index (χ2v) is 3.81. The van der Waals surface area contributed by atoms with Crippen molar-refractivity contribution in [2.45, 2.75) is 19.8 Å². The monoisotopic (exact) mass is 235 g/mol. The Hall–Kier alpha value is -1.84. The zero-order valence-electron chi connectivity index (χ0n) is 9.63. The van der Waals surface area contributed by atoms with E-state index in [-0.39, 0.29) is 11.8 Å². The number of H-pyrrole nitrogens is 1. The SMILES string of the molecule is CCOC(=O)CCc1c[nH]c2cc(F)ccc12. The summed E-state index contributed by atoms with van der Waals surface area (Å²) in [6, 6.07) is 4.59. The first-order chi connectivity index (χ1) is 8.20. The van der Waals surface area contributed by atoms with Gasteiger partial charge in [0.15, 0.2) is 0 Å². The van der Waals surface area contributed by atoms with E-state index in [1.165, 1.54) is 12.1 Å². The lowest BCUT2D eigenvalue weighted by Gasteiger charge is -2.01. The fourth-order valence-corrected chi connectivity index (χ4v) is 1.84. The first kappa shape index (κ1) is 11.6. The van der Waals surface area contributed by atoms with E-state index < -0.39 is 0 Å². The maximum absolute atomic E-state index is 13.0. The van der Waals surface area contributed by atoms with Crippen molar-refractivity contribution >= 4 is 16.9 Å². The zero-order valence-corrected chi connectivity index (χ0v) is 9.63. The Bertz CT molecular complexity index is 533. The highest BCUT2D eigenvalue weighted by molar-refractivity contribution is 5.83. The quantitative estimate of drug-likeness (QED) is 0.828. The van der Waals surface area contributed by atoms with Crippen molar-refractivity contribution in [2.75, 3.05) is 6.61 Å². The van der Waals surface area contributed by atoms with Gasteiger partial charge in [0, 0.05) is 23.5 Å². The summed E-state index contributed by atoms with van der Waals surface area (Å²) < 4.78 is 17.8. The fraction of sp³-hybridized carbons (Fsp3) is 0.308. The number of aromatic nitrogens is 1. The Morgan fingerprint density at radius 2 is 2.29 bits per heavy atom. The van der Waals surface area contributed by atoms with Gasteiger partial charge >= 0.3 is 5.97 Å². The van der Waals surface area contributed by atoms with Crippen LogP contribution in [0.2, 0.25) is 0 Å². The lowest BCUT2D eigenvalue weighted by atomic mass is 10.1. The highest BCUT2D eigenvalue weighted by Crippen LogP contribution is 2.20. The average molecular weight is 235 g/mol. The topological polar surface area (TPSA) is 42.1 Å². The first-order valence-corrected chi connectivity index (χ1v) is 5.62. The number of aryl methyl sites for hydroxylation is 1. The summed E-state index contributed by atoms with van der Waals surface area (Å²) in [4.78, 5) is 14.2. The third kappa shape index (κ3) is 2.64. The molecule has 0 unspecified atom stereocenters. The van der Waals surface area contributed by atoms with Crippen molar-refractivity contribution < 1.29 is 13.9 Å². The molecule has 0 atom stereocenters. The van der Waals surface area contributed by atoms with Gasteiger partial charge in [-0.05, 0) is 37.1 Å².